The van der Waals surface area contributed by atoms with Crippen molar-refractivity contribution in [2.75, 3.05) is 0 Å². The number of hydrogen-bond acceptors (Lipinski definition) is 2. The van der Waals surface area contributed by atoms with E-state index in [1.165, 1.54) is 5.56 Å². The SMILES string of the molecule is Cc1ccc2c3cn[nH]c(=O)c3n(C)c2c1. The van der Waals surface area contributed by atoms with Crippen molar-refractivity contribution >= 4 is 21.8 Å². The number of H-pyrrole nitrogens is 1. The number of hydrogen-bond donors (Lipinski definition) is 1. The second kappa shape index (κ2) is 2.95. The molecule has 0 radical (unpaired) electrons. The third-order valence-corrected chi connectivity index (χ3v) is 2.97. The number of fused-ring (bicyclic) bond motifs is 3. The zero-order valence-corrected chi connectivity index (χ0v) is 9.11. The van der Waals surface area contributed by atoms with E-state index in [0.717, 1.165) is 16.3 Å². The maximum atomic E-state index is 11.7. The van der Waals surface area contributed by atoms with Gasteiger partial charge in [-0.15, -0.1) is 0 Å². The summed E-state index contributed by atoms with van der Waals surface area (Å²) in [7, 11) is 1.90. The van der Waals surface area contributed by atoms with Crippen LogP contribution in [0.3, 0.4) is 0 Å². The van der Waals surface area contributed by atoms with E-state index in [1.807, 2.05) is 30.7 Å². The highest BCUT2D eigenvalue weighted by atomic mass is 16.1. The Morgan fingerprint density at radius 1 is 1.31 bits per heavy atom. The molecule has 0 fully saturated rings. The molecule has 0 amide bonds. The standard InChI is InChI=1S/C12H11N3O/c1-7-3-4-8-9-6-13-14-12(16)11(9)15(2)10(8)5-7/h3-6H,1-2H3,(H,14,16). The van der Waals surface area contributed by atoms with E-state index >= 15 is 0 Å². The summed E-state index contributed by atoms with van der Waals surface area (Å²) in [5, 5.41) is 8.29. The summed E-state index contributed by atoms with van der Waals surface area (Å²) in [6.45, 7) is 2.04. The van der Waals surface area contributed by atoms with Gasteiger partial charge in [-0.25, -0.2) is 5.10 Å². The maximum Gasteiger partial charge on any atom is 0.288 e. The summed E-state index contributed by atoms with van der Waals surface area (Å²) in [5.41, 5.74) is 2.78. The van der Waals surface area contributed by atoms with Gasteiger partial charge in [0.05, 0.1) is 6.20 Å². The third kappa shape index (κ3) is 1.04. The zero-order valence-electron chi connectivity index (χ0n) is 9.11. The molecule has 0 aliphatic rings. The van der Waals surface area contributed by atoms with E-state index in [-0.39, 0.29) is 5.56 Å². The van der Waals surface area contributed by atoms with Gasteiger partial charge in [0.1, 0.15) is 5.52 Å². The zero-order chi connectivity index (χ0) is 11.3. The Morgan fingerprint density at radius 2 is 2.12 bits per heavy atom. The number of nitrogens with zero attached hydrogens (tertiary/aromatic N) is 2. The summed E-state index contributed by atoms with van der Waals surface area (Å²) < 4.78 is 1.91. The molecular formula is C12H11N3O. The van der Waals surface area contributed by atoms with Crippen molar-refractivity contribution in [3.8, 4) is 0 Å². The summed E-state index contributed by atoms with van der Waals surface area (Å²) in [4.78, 5) is 11.7. The molecular weight excluding hydrogens is 202 g/mol. The molecule has 3 rings (SSSR count). The number of aromatic amines is 1. The van der Waals surface area contributed by atoms with Crippen LogP contribution in [0.25, 0.3) is 21.8 Å². The number of benzene rings is 1. The van der Waals surface area contributed by atoms with Crippen LogP contribution in [-0.4, -0.2) is 14.8 Å². The molecule has 2 heterocycles. The van der Waals surface area contributed by atoms with Gasteiger partial charge in [-0.1, -0.05) is 12.1 Å². The fourth-order valence-corrected chi connectivity index (χ4v) is 2.19. The first kappa shape index (κ1) is 9.15. The second-order valence-corrected chi connectivity index (χ2v) is 4.04. The fraction of sp³-hybridized carbons (Fsp3) is 0.167. The monoisotopic (exact) mass is 213 g/mol. The van der Waals surface area contributed by atoms with Crippen molar-refractivity contribution in [2.45, 2.75) is 6.92 Å². The van der Waals surface area contributed by atoms with Crippen LogP contribution in [-0.2, 0) is 7.05 Å². The Balaban J connectivity index is 2.70. The van der Waals surface area contributed by atoms with E-state index in [2.05, 4.69) is 16.3 Å². The topological polar surface area (TPSA) is 50.7 Å². The first-order valence-corrected chi connectivity index (χ1v) is 5.11. The third-order valence-electron chi connectivity index (χ3n) is 2.97. The van der Waals surface area contributed by atoms with Gasteiger partial charge in [-0.05, 0) is 18.6 Å². The molecule has 16 heavy (non-hydrogen) atoms. The Hall–Kier alpha value is -2.10. The summed E-state index contributed by atoms with van der Waals surface area (Å²) in [6, 6.07) is 6.16. The summed E-state index contributed by atoms with van der Waals surface area (Å²) >= 11 is 0. The lowest BCUT2D eigenvalue weighted by molar-refractivity contribution is 0.958. The van der Waals surface area contributed by atoms with Crippen molar-refractivity contribution < 1.29 is 0 Å². The minimum absolute atomic E-state index is 0.145. The quantitative estimate of drug-likeness (QED) is 0.618. The largest absolute Gasteiger partial charge is 0.339 e. The van der Waals surface area contributed by atoms with E-state index in [0.29, 0.717) is 5.52 Å². The molecule has 4 nitrogen and oxygen atoms in total. The Morgan fingerprint density at radius 3 is 2.94 bits per heavy atom. The smallest absolute Gasteiger partial charge is 0.288 e. The van der Waals surface area contributed by atoms with Gasteiger partial charge >= 0.3 is 0 Å². The molecule has 80 valence electrons. The van der Waals surface area contributed by atoms with Gasteiger partial charge in [0.25, 0.3) is 5.56 Å². The van der Waals surface area contributed by atoms with E-state index in [1.54, 1.807) is 6.20 Å². The summed E-state index contributed by atoms with van der Waals surface area (Å²) in [6.07, 6.45) is 1.70. The van der Waals surface area contributed by atoms with Crippen molar-refractivity contribution in [3.05, 3.63) is 40.3 Å². The van der Waals surface area contributed by atoms with Crippen LogP contribution in [0.4, 0.5) is 0 Å². The minimum atomic E-state index is -0.145. The highest BCUT2D eigenvalue weighted by Crippen LogP contribution is 2.25. The predicted molar refractivity (Wildman–Crippen MR) is 63.6 cm³/mol. The molecule has 0 unspecified atom stereocenters. The molecule has 0 aliphatic carbocycles. The molecule has 0 saturated carbocycles. The molecule has 0 saturated heterocycles. The van der Waals surface area contributed by atoms with Crippen LogP contribution >= 0.6 is 0 Å². The average Bonchev–Trinajstić information content (AvgIpc) is 2.54. The van der Waals surface area contributed by atoms with Crippen molar-refractivity contribution in [1.82, 2.24) is 14.8 Å². The van der Waals surface area contributed by atoms with Crippen molar-refractivity contribution in [3.63, 3.8) is 0 Å². The number of rotatable bonds is 0. The van der Waals surface area contributed by atoms with Gasteiger partial charge in [0.15, 0.2) is 0 Å². The van der Waals surface area contributed by atoms with Crippen LogP contribution in [0.2, 0.25) is 0 Å². The van der Waals surface area contributed by atoms with Crippen LogP contribution in [0.15, 0.2) is 29.2 Å². The molecule has 0 bridgehead atoms. The van der Waals surface area contributed by atoms with E-state index in [9.17, 15) is 4.79 Å². The maximum absolute atomic E-state index is 11.7. The van der Waals surface area contributed by atoms with Gasteiger partial charge in [0.2, 0.25) is 0 Å². The highest BCUT2D eigenvalue weighted by Gasteiger charge is 2.10. The Labute approximate surface area is 91.5 Å². The molecule has 4 heteroatoms. The van der Waals surface area contributed by atoms with E-state index < -0.39 is 0 Å². The lowest BCUT2D eigenvalue weighted by atomic mass is 10.1. The highest BCUT2D eigenvalue weighted by molar-refractivity contribution is 6.07. The lowest BCUT2D eigenvalue weighted by Gasteiger charge is -1.97. The average molecular weight is 213 g/mol. The summed E-state index contributed by atoms with van der Waals surface area (Å²) in [5.74, 6) is 0. The number of nitrogens with one attached hydrogen (secondary N) is 1. The fourth-order valence-electron chi connectivity index (χ4n) is 2.19. The Bertz CT molecular complexity index is 752. The van der Waals surface area contributed by atoms with Crippen LogP contribution < -0.4 is 5.56 Å². The van der Waals surface area contributed by atoms with Gasteiger partial charge < -0.3 is 4.57 Å². The molecule has 0 spiro atoms. The predicted octanol–water partition coefficient (Wildman–Crippen LogP) is 1.72. The minimum Gasteiger partial charge on any atom is -0.339 e. The molecule has 1 N–H and O–H groups in total. The molecule has 1 aromatic carbocycles. The van der Waals surface area contributed by atoms with Gasteiger partial charge in [0, 0.05) is 23.3 Å². The van der Waals surface area contributed by atoms with Gasteiger partial charge in [-0.3, -0.25) is 4.79 Å². The number of aromatic nitrogens is 3. The number of aryl methyl sites for hydroxylation is 2. The van der Waals surface area contributed by atoms with Crippen molar-refractivity contribution in [2.24, 2.45) is 7.05 Å². The van der Waals surface area contributed by atoms with Crippen LogP contribution in [0.1, 0.15) is 5.56 Å². The van der Waals surface area contributed by atoms with E-state index in [4.69, 9.17) is 0 Å². The van der Waals surface area contributed by atoms with Gasteiger partial charge in [-0.2, -0.15) is 5.10 Å². The Kier molecular flexibility index (Phi) is 1.68. The molecule has 2 aromatic heterocycles. The first-order valence-electron chi connectivity index (χ1n) is 5.11. The van der Waals surface area contributed by atoms with Crippen LogP contribution in [0.5, 0.6) is 0 Å². The second-order valence-electron chi connectivity index (χ2n) is 4.04. The molecule has 3 aromatic rings. The molecule has 0 aliphatic heterocycles. The lowest BCUT2D eigenvalue weighted by Crippen LogP contribution is -2.10. The first-order chi connectivity index (χ1) is 7.68. The van der Waals surface area contributed by atoms with Crippen molar-refractivity contribution in [1.29, 1.82) is 0 Å². The van der Waals surface area contributed by atoms with Crippen LogP contribution in [0, 0.1) is 6.92 Å². The normalized spacial score (nSPS) is 11.4. The molecule has 0 atom stereocenters.